The van der Waals surface area contributed by atoms with Crippen molar-refractivity contribution in [3.63, 3.8) is 0 Å². The first-order valence-corrected chi connectivity index (χ1v) is 5.99. The van der Waals surface area contributed by atoms with Crippen molar-refractivity contribution in [1.29, 1.82) is 0 Å². The van der Waals surface area contributed by atoms with Crippen LogP contribution in [-0.2, 0) is 13.6 Å². The van der Waals surface area contributed by atoms with Crippen molar-refractivity contribution < 1.29 is 0 Å². The highest BCUT2D eigenvalue weighted by atomic mass is 16.1. The Labute approximate surface area is 98.9 Å². The van der Waals surface area contributed by atoms with Gasteiger partial charge in [-0.25, -0.2) is 0 Å². The van der Waals surface area contributed by atoms with Gasteiger partial charge < -0.3 is 10.3 Å². The third-order valence-corrected chi connectivity index (χ3v) is 3.72. The number of aromatic nitrogens is 3. The molecule has 2 heterocycles. The van der Waals surface area contributed by atoms with E-state index in [0.29, 0.717) is 12.5 Å². The molecule has 5 heteroatoms. The Morgan fingerprint density at radius 3 is 2.82 bits per heavy atom. The summed E-state index contributed by atoms with van der Waals surface area (Å²) in [6.45, 7) is 0.367. The number of rotatable bonds is 2. The molecule has 1 aliphatic rings. The molecule has 1 saturated carbocycles. The molecule has 90 valence electrons. The summed E-state index contributed by atoms with van der Waals surface area (Å²) in [6.07, 6.45) is 3.64. The quantitative estimate of drug-likeness (QED) is 0.831. The zero-order valence-corrected chi connectivity index (χ0v) is 9.89. The topological polar surface area (TPSA) is 65.3 Å². The molecule has 3 rings (SSSR count). The molecule has 1 aliphatic carbocycles. The van der Waals surface area contributed by atoms with Gasteiger partial charge in [0, 0.05) is 37.3 Å². The Morgan fingerprint density at radius 2 is 2.24 bits per heavy atom. The van der Waals surface area contributed by atoms with Crippen LogP contribution in [-0.4, -0.2) is 14.2 Å². The number of hydrogen-bond acceptors (Lipinski definition) is 3. The number of hydrogen-bond donors (Lipinski definition) is 1. The third-order valence-electron chi connectivity index (χ3n) is 3.72. The highest BCUT2D eigenvalue weighted by molar-refractivity contribution is 5.43. The van der Waals surface area contributed by atoms with Crippen molar-refractivity contribution in [2.45, 2.75) is 31.7 Å². The molecule has 5 nitrogen and oxygen atoms in total. The van der Waals surface area contributed by atoms with Crippen molar-refractivity contribution in [3.05, 3.63) is 33.9 Å². The lowest BCUT2D eigenvalue weighted by molar-refractivity contribution is 0.409. The molecule has 2 aromatic heterocycles. The maximum Gasteiger partial charge on any atom is 0.274 e. The molecule has 0 amide bonds. The van der Waals surface area contributed by atoms with Crippen LogP contribution in [0.1, 0.15) is 36.6 Å². The monoisotopic (exact) mass is 232 g/mol. The second-order valence-electron chi connectivity index (χ2n) is 4.70. The smallest absolute Gasteiger partial charge is 0.274 e. The predicted molar refractivity (Wildman–Crippen MR) is 64.9 cm³/mol. The molecule has 2 N–H and O–H groups in total. The van der Waals surface area contributed by atoms with E-state index in [9.17, 15) is 4.79 Å². The Balaban J connectivity index is 2.23. The molecule has 0 atom stereocenters. The van der Waals surface area contributed by atoms with Crippen molar-refractivity contribution in [1.82, 2.24) is 14.2 Å². The minimum absolute atomic E-state index is 0.0934. The first kappa shape index (κ1) is 10.5. The van der Waals surface area contributed by atoms with Crippen LogP contribution in [0.2, 0.25) is 0 Å². The predicted octanol–water partition coefficient (Wildman–Crippen LogP) is 0.759. The van der Waals surface area contributed by atoms with Crippen LogP contribution < -0.4 is 11.3 Å². The minimum atomic E-state index is -0.0934. The van der Waals surface area contributed by atoms with Crippen LogP contribution >= 0.6 is 0 Å². The van der Waals surface area contributed by atoms with Crippen LogP contribution in [0.15, 0.2) is 16.9 Å². The second-order valence-corrected chi connectivity index (χ2v) is 4.70. The molecule has 0 bridgehead atoms. The first-order chi connectivity index (χ1) is 8.20. The Morgan fingerprint density at radius 1 is 1.47 bits per heavy atom. The van der Waals surface area contributed by atoms with E-state index < -0.39 is 0 Å². The minimum Gasteiger partial charge on any atom is -0.331 e. The fourth-order valence-corrected chi connectivity index (χ4v) is 2.34. The third kappa shape index (κ3) is 1.50. The van der Waals surface area contributed by atoms with E-state index in [-0.39, 0.29) is 5.56 Å². The van der Waals surface area contributed by atoms with Gasteiger partial charge in [0.2, 0.25) is 0 Å². The summed E-state index contributed by atoms with van der Waals surface area (Å²) < 4.78 is 3.42. The van der Waals surface area contributed by atoms with Crippen LogP contribution in [0.5, 0.6) is 0 Å². The fourth-order valence-electron chi connectivity index (χ4n) is 2.34. The standard InChI is InChI=1S/C12H16N4O/c1-15-9(7-13)5-12(17)16-11(15)6-10(14-16)8-3-2-4-8/h5-6,8H,2-4,7,13H2,1H3. The van der Waals surface area contributed by atoms with E-state index in [1.807, 2.05) is 17.7 Å². The highest BCUT2D eigenvalue weighted by Gasteiger charge is 2.23. The average Bonchev–Trinajstić information content (AvgIpc) is 2.66. The van der Waals surface area contributed by atoms with E-state index >= 15 is 0 Å². The summed E-state index contributed by atoms with van der Waals surface area (Å²) in [4.78, 5) is 11.9. The van der Waals surface area contributed by atoms with Gasteiger partial charge in [-0.2, -0.15) is 9.61 Å². The number of nitrogens with zero attached hydrogens (tertiary/aromatic N) is 3. The van der Waals surface area contributed by atoms with Crippen LogP contribution in [0, 0.1) is 0 Å². The normalized spacial score (nSPS) is 16.4. The van der Waals surface area contributed by atoms with Crippen LogP contribution in [0.4, 0.5) is 0 Å². The van der Waals surface area contributed by atoms with E-state index in [2.05, 4.69) is 5.10 Å². The van der Waals surface area contributed by atoms with Gasteiger partial charge >= 0.3 is 0 Å². The second kappa shape index (κ2) is 3.70. The molecular formula is C12H16N4O. The molecule has 17 heavy (non-hydrogen) atoms. The molecule has 0 saturated heterocycles. The molecule has 0 radical (unpaired) electrons. The van der Waals surface area contributed by atoms with Gasteiger partial charge in [-0.05, 0) is 12.8 Å². The SMILES string of the molecule is Cn1c(CN)cc(=O)n2nc(C3CCC3)cc12. The van der Waals surface area contributed by atoms with E-state index in [4.69, 9.17) is 5.73 Å². The van der Waals surface area contributed by atoms with Gasteiger partial charge in [0.1, 0.15) is 5.65 Å². The van der Waals surface area contributed by atoms with Gasteiger partial charge in [-0.1, -0.05) is 6.42 Å². The summed E-state index contributed by atoms with van der Waals surface area (Å²) in [5, 5.41) is 4.41. The first-order valence-electron chi connectivity index (χ1n) is 5.99. The van der Waals surface area contributed by atoms with Crippen molar-refractivity contribution in [2.75, 3.05) is 0 Å². The lowest BCUT2D eigenvalue weighted by Gasteiger charge is -2.22. The largest absolute Gasteiger partial charge is 0.331 e. The van der Waals surface area contributed by atoms with E-state index in [0.717, 1.165) is 17.0 Å². The maximum atomic E-state index is 11.9. The molecule has 0 aliphatic heterocycles. The lowest BCUT2D eigenvalue weighted by atomic mass is 9.83. The molecule has 0 spiro atoms. The van der Waals surface area contributed by atoms with Crippen molar-refractivity contribution >= 4 is 5.65 Å². The Kier molecular flexibility index (Phi) is 2.29. The maximum absolute atomic E-state index is 11.9. The van der Waals surface area contributed by atoms with Gasteiger partial charge in [-0.3, -0.25) is 4.79 Å². The number of nitrogens with two attached hydrogens (primary N) is 1. The number of aryl methyl sites for hydroxylation is 1. The molecule has 2 aromatic rings. The summed E-state index contributed by atoms with van der Waals surface area (Å²) in [7, 11) is 1.92. The molecule has 0 aromatic carbocycles. The highest BCUT2D eigenvalue weighted by Crippen LogP contribution is 2.35. The molecular weight excluding hydrogens is 216 g/mol. The molecule has 1 fully saturated rings. The van der Waals surface area contributed by atoms with Crippen molar-refractivity contribution in [2.24, 2.45) is 12.8 Å². The van der Waals surface area contributed by atoms with Crippen molar-refractivity contribution in [3.8, 4) is 0 Å². The van der Waals surface area contributed by atoms with Crippen LogP contribution in [0.25, 0.3) is 5.65 Å². The number of fused-ring (bicyclic) bond motifs is 1. The van der Waals surface area contributed by atoms with Gasteiger partial charge in [-0.15, -0.1) is 0 Å². The average molecular weight is 232 g/mol. The van der Waals surface area contributed by atoms with Crippen LogP contribution in [0.3, 0.4) is 0 Å². The van der Waals surface area contributed by atoms with Gasteiger partial charge in [0.05, 0.1) is 5.69 Å². The zero-order valence-electron chi connectivity index (χ0n) is 9.89. The summed E-state index contributed by atoms with van der Waals surface area (Å²) >= 11 is 0. The Bertz CT molecular complexity index is 621. The summed E-state index contributed by atoms with van der Waals surface area (Å²) in [5.74, 6) is 0.538. The fraction of sp³-hybridized carbons (Fsp3) is 0.500. The Hall–Kier alpha value is -1.62. The summed E-state index contributed by atoms with van der Waals surface area (Å²) in [6, 6.07) is 3.58. The lowest BCUT2D eigenvalue weighted by Crippen LogP contribution is -2.21. The molecule has 0 unspecified atom stereocenters. The van der Waals surface area contributed by atoms with E-state index in [1.54, 1.807) is 6.07 Å². The van der Waals surface area contributed by atoms with E-state index in [1.165, 1.54) is 23.8 Å². The summed E-state index contributed by atoms with van der Waals surface area (Å²) in [5.41, 5.74) is 8.24. The van der Waals surface area contributed by atoms with Gasteiger partial charge in [0.25, 0.3) is 5.56 Å². The van der Waals surface area contributed by atoms with Gasteiger partial charge in [0.15, 0.2) is 0 Å². The zero-order chi connectivity index (χ0) is 12.0.